The SMILES string of the molecule is COC1=C([Si](C)(C)C)c2c(ccc3ccc(O)c(OC)c23)CC1. The summed E-state index contributed by atoms with van der Waals surface area (Å²) < 4.78 is 11.3. The van der Waals surface area contributed by atoms with Gasteiger partial charge in [0.2, 0.25) is 0 Å². The number of allylic oxidation sites excluding steroid dienone is 1. The van der Waals surface area contributed by atoms with E-state index in [1.54, 1.807) is 20.3 Å². The van der Waals surface area contributed by atoms with Crippen LogP contribution in [0, 0.1) is 0 Å². The highest BCUT2D eigenvalue weighted by Crippen LogP contribution is 2.46. The first-order valence-electron chi connectivity index (χ1n) is 7.98. The molecule has 0 amide bonds. The van der Waals surface area contributed by atoms with Crippen LogP contribution in [-0.2, 0) is 11.2 Å². The monoisotopic (exact) mass is 328 g/mol. The molecule has 1 aliphatic rings. The van der Waals surface area contributed by atoms with Gasteiger partial charge in [0.25, 0.3) is 0 Å². The minimum absolute atomic E-state index is 0.188. The van der Waals surface area contributed by atoms with Crippen LogP contribution in [-0.4, -0.2) is 27.4 Å². The van der Waals surface area contributed by atoms with Crippen LogP contribution in [0.1, 0.15) is 17.5 Å². The Balaban J connectivity index is 2.48. The van der Waals surface area contributed by atoms with Gasteiger partial charge in [-0.05, 0) is 34.2 Å². The molecule has 2 aromatic rings. The van der Waals surface area contributed by atoms with Crippen molar-refractivity contribution in [3.8, 4) is 11.5 Å². The summed E-state index contributed by atoms with van der Waals surface area (Å²) in [6, 6.07) is 7.98. The molecule has 23 heavy (non-hydrogen) atoms. The maximum absolute atomic E-state index is 10.3. The van der Waals surface area contributed by atoms with Gasteiger partial charge in [-0.15, -0.1) is 0 Å². The van der Waals surface area contributed by atoms with E-state index in [4.69, 9.17) is 9.47 Å². The smallest absolute Gasteiger partial charge is 0.168 e. The number of methoxy groups -OCH3 is 2. The largest absolute Gasteiger partial charge is 0.504 e. The fourth-order valence-corrected chi connectivity index (χ4v) is 5.73. The molecule has 0 spiro atoms. The molecule has 1 aliphatic carbocycles. The number of phenolic OH excluding ortho intramolecular Hbond substituents is 1. The zero-order valence-corrected chi connectivity index (χ0v) is 15.5. The van der Waals surface area contributed by atoms with Gasteiger partial charge in [-0.3, -0.25) is 0 Å². The number of phenols is 1. The van der Waals surface area contributed by atoms with Crippen molar-refractivity contribution < 1.29 is 14.6 Å². The van der Waals surface area contributed by atoms with E-state index in [1.165, 1.54) is 16.3 Å². The molecular weight excluding hydrogens is 304 g/mol. The zero-order valence-electron chi connectivity index (χ0n) is 14.5. The molecular formula is C19H24O3Si. The van der Waals surface area contributed by atoms with Gasteiger partial charge in [0, 0.05) is 11.8 Å². The molecule has 0 heterocycles. The number of rotatable bonds is 3. The van der Waals surface area contributed by atoms with Gasteiger partial charge in [0.15, 0.2) is 11.5 Å². The van der Waals surface area contributed by atoms with E-state index in [0.29, 0.717) is 5.75 Å². The van der Waals surface area contributed by atoms with E-state index in [2.05, 4.69) is 31.8 Å². The van der Waals surface area contributed by atoms with Gasteiger partial charge in [-0.2, -0.15) is 0 Å². The Morgan fingerprint density at radius 3 is 2.26 bits per heavy atom. The van der Waals surface area contributed by atoms with E-state index < -0.39 is 8.07 Å². The highest BCUT2D eigenvalue weighted by Gasteiger charge is 2.32. The number of aromatic hydroxyl groups is 1. The van der Waals surface area contributed by atoms with Crippen molar-refractivity contribution in [2.24, 2.45) is 0 Å². The molecule has 0 unspecified atom stereocenters. The van der Waals surface area contributed by atoms with E-state index in [1.807, 2.05) is 6.07 Å². The molecule has 4 heteroatoms. The fourth-order valence-electron chi connectivity index (χ4n) is 3.63. The van der Waals surface area contributed by atoms with Gasteiger partial charge in [-0.1, -0.05) is 37.8 Å². The molecule has 0 radical (unpaired) electrons. The van der Waals surface area contributed by atoms with Crippen molar-refractivity contribution in [3.63, 3.8) is 0 Å². The Morgan fingerprint density at radius 2 is 1.65 bits per heavy atom. The third-order valence-electron chi connectivity index (χ3n) is 4.56. The van der Waals surface area contributed by atoms with Crippen LogP contribution in [0.5, 0.6) is 11.5 Å². The predicted octanol–water partition coefficient (Wildman–Crippen LogP) is 4.74. The van der Waals surface area contributed by atoms with Crippen LogP contribution in [0.2, 0.25) is 19.6 Å². The van der Waals surface area contributed by atoms with E-state index in [0.717, 1.165) is 29.4 Å². The summed E-state index contributed by atoms with van der Waals surface area (Å²) in [4.78, 5) is 0. The Hall–Kier alpha value is -1.94. The summed E-state index contributed by atoms with van der Waals surface area (Å²) in [6.07, 6.45) is 1.90. The molecule has 3 rings (SSSR count). The summed E-state index contributed by atoms with van der Waals surface area (Å²) in [7, 11) is 1.74. The molecule has 2 aromatic carbocycles. The summed E-state index contributed by atoms with van der Waals surface area (Å²) in [5.74, 6) is 1.84. The van der Waals surface area contributed by atoms with Crippen molar-refractivity contribution >= 4 is 24.0 Å². The van der Waals surface area contributed by atoms with Crippen LogP contribution >= 0.6 is 0 Å². The van der Waals surface area contributed by atoms with Crippen LogP contribution in [0.4, 0.5) is 0 Å². The molecule has 0 saturated carbocycles. The maximum Gasteiger partial charge on any atom is 0.168 e. The molecule has 0 aliphatic heterocycles. The first-order valence-corrected chi connectivity index (χ1v) is 11.5. The lowest BCUT2D eigenvalue weighted by Gasteiger charge is -2.31. The third-order valence-corrected chi connectivity index (χ3v) is 6.58. The molecule has 0 bridgehead atoms. The quantitative estimate of drug-likeness (QED) is 0.828. The van der Waals surface area contributed by atoms with Gasteiger partial charge >= 0.3 is 0 Å². The predicted molar refractivity (Wildman–Crippen MR) is 97.8 cm³/mol. The highest BCUT2D eigenvalue weighted by atomic mass is 28.3. The van der Waals surface area contributed by atoms with Gasteiger partial charge in [-0.25, -0.2) is 0 Å². The van der Waals surface area contributed by atoms with Gasteiger partial charge < -0.3 is 14.6 Å². The number of hydrogen-bond acceptors (Lipinski definition) is 3. The molecule has 3 nitrogen and oxygen atoms in total. The van der Waals surface area contributed by atoms with Crippen LogP contribution in [0.15, 0.2) is 30.0 Å². The van der Waals surface area contributed by atoms with Crippen molar-refractivity contribution in [1.29, 1.82) is 0 Å². The zero-order chi connectivity index (χ0) is 16.8. The standard InChI is InChI=1S/C19H24O3Si/c1-21-15-11-9-13-7-6-12-8-10-14(20)18(22-2)16(12)17(13)19(15)23(3,4)5/h6-8,10,20H,9,11H2,1-5H3. The second-order valence-electron chi connectivity index (χ2n) is 7.07. The summed E-state index contributed by atoms with van der Waals surface area (Å²) in [5, 5.41) is 13.7. The lowest BCUT2D eigenvalue weighted by molar-refractivity contribution is 0.279. The van der Waals surface area contributed by atoms with E-state index in [-0.39, 0.29) is 5.75 Å². The Kier molecular flexibility index (Phi) is 3.88. The van der Waals surface area contributed by atoms with Crippen molar-refractivity contribution in [1.82, 2.24) is 0 Å². The summed E-state index contributed by atoms with van der Waals surface area (Å²) >= 11 is 0. The van der Waals surface area contributed by atoms with Crippen LogP contribution in [0.25, 0.3) is 16.0 Å². The second kappa shape index (κ2) is 5.60. The van der Waals surface area contributed by atoms with E-state index in [9.17, 15) is 5.11 Å². The molecule has 1 N–H and O–H groups in total. The fraction of sp³-hybridized carbons (Fsp3) is 0.368. The first kappa shape index (κ1) is 15.9. The van der Waals surface area contributed by atoms with Gasteiger partial charge in [0.1, 0.15) is 0 Å². The third kappa shape index (κ3) is 2.51. The molecule has 0 atom stereocenters. The Morgan fingerprint density at radius 1 is 0.957 bits per heavy atom. The number of ether oxygens (including phenoxy) is 2. The first-order chi connectivity index (χ1) is 10.9. The average molecular weight is 328 g/mol. The minimum atomic E-state index is -1.64. The number of aryl methyl sites for hydroxylation is 1. The van der Waals surface area contributed by atoms with E-state index >= 15 is 0 Å². The lowest BCUT2D eigenvalue weighted by atomic mass is 9.90. The Bertz CT molecular complexity index is 800. The van der Waals surface area contributed by atoms with Crippen LogP contribution in [0.3, 0.4) is 0 Å². The number of benzene rings is 2. The summed E-state index contributed by atoms with van der Waals surface area (Å²) in [5.41, 5.74) is 2.54. The minimum Gasteiger partial charge on any atom is -0.504 e. The number of hydrogen-bond donors (Lipinski definition) is 1. The summed E-state index contributed by atoms with van der Waals surface area (Å²) in [6.45, 7) is 7.01. The van der Waals surface area contributed by atoms with Crippen molar-refractivity contribution in [3.05, 3.63) is 41.2 Å². The molecule has 0 aromatic heterocycles. The number of fused-ring (bicyclic) bond motifs is 3. The lowest BCUT2D eigenvalue weighted by Crippen LogP contribution is -2.28. The molecule has 0 fully saturated rings. The van der Waals surface area contributed by atoms with Crippen molar-refractivity contribution in [2.75, 3.05) is 14.2 Å². The molecule has 122 valence electrons. The molecule has 0 saturated heterocycles. The average Bonchev–Trinajstić information content (AvgIpc) is 2.52. The van der Waals surface area contributed by atoms with Crippen molar-refractivity contribution in [2.45, 2.75) is 32.5 Å². The Labute approximate surface area is 138 Å². The van der Waals surface area contributed by atoms with Crippen LogP contribution < -0.4 is 4.74 Å². The second-order valence-corrected chi connectivity index (χ2v) is 12.1. The topological polar surface area (TPSA) is 38.7 Å². The maximum atomic E-state index is 10.3. The highest BCUT2D eigenvalue weighted by molar-refractivity contribution is 6.94. The normalized spacial score (nSPS) is 14.8. The van der Waals surface area contributed by atoms with Gasteiger partial charge in [0.05, 0.1) is 28.1 Å².